The van der Waals surface area contributed by atoms with Gasteiger partial charge in [0.2, 0.25) is 0 Å². The quantitative estimate of drug-likeness (QED) is 0.791. The molecule has 0 atom stereocenters. The Morgan fingerprint density at radius 3 is 2.60 bits per heavy atom. The van der Waals surface area contributed by atoms with Crippen LogP contribution in [0.15, 0.2) is 31.9 Å². The number of rotatable bonds is 3. The average molecular weight is 402 g/mol. The standard InChI is InChI=1S/C14H14Br2N2O2/c1-8-13(16)9(2)18(14(19)17-8)7-10-4-5-12(20-3)11(15)6-10/h4-6H,7H2,1-3H3. The van der Waals surface area contributed by atoms with Gasteiger partial charge in [0, 0.05) is 5.69 Å². The van der Waals surface area contributed by atoms with E-state index in [1.165, 1.54) is 0 Å². The van der Waals surface area contributed by atoms with Gasteiger partial charge in [0.1, 0.15) is 5.75 Å². The Hall–Kier alpha value is -1.14. The van der Waals surface area contributed by atoms with Gasteiger partial charge in [0.25, 0.3) is 0 Å². The highest BCUT2D eigenvalue weighted by molar-refractivity contribution is 9.10. The van der Waals surface area contributed by atoms with Crippen LogP contribution in [-0.2, 0) is 6.54 Å². The fraction of sp³-hybridized carbons (Fsp3) is 0.286. The summed E-state index contributed by atoms with van der Waals surface area (Å²) in [6.07, 6.45) is 0. The molecule has 4 nitrogen and oxygen atoms in total. The van der Waals surface area contributed by atoms with Crippen molar-refractivity contribution in [3.8, 4) is 5.75 Å². The Kier molecular flexibility index (Phi) is 4.65. The molecule has 0 amide bonds. The van der Waals surface area contributed by atoms with Gasteiger partial charge in [0.15, 0.2) is 0 Å². The highest BCUT2D eigenvalue weighted by Gasteiger charge is 2.10. The molecule has 0 bridgehead atoms. The number of aromatic nitrogens is 2. The van der Waals surface area contributed by atoms with Crippen molar-refractivity contribution in [2.45, 2.75) is 20.4 Å². The van der Waals surface area contributed by atoms with Crippen molar-refractivity contribution in [3.05, 3.63) is 54.6 Å². The summed E-state index contributed by atoms with van der Waals surface area (Å²) >= 11 is 6.91. The van der Waals surface area contributed by atoms with Crippen LogP contribution < -0.4 is 10.4 Å². The van der Waals surface area contributed by atoms with E-state index >= 15 is 0 Å². The summed E-state index contributed by atoms with van der Waals surface area (Å²) in [6, 6.07) is 5.75. The minimum absolute atomic E-state index is 0.241. The van der Waals surface area contributed by atoms with Crippen LogP contribution in [0.4, 0.5) is 0 Å². The maximum absolute atomic E-state index is 12.0. The molecule has 0 unspecified atom stereocenters. The predicted molar refractivity (Wildman–Crippen MR) is 85.5 cm³/mol. The van der Waals surface area contributed by atoms with Gasteiger partial charge in [-0.25, -0.2) is 4.79 Å². The third-order valence-electron chi connectivity index (χ3n) is 3.09. The fourth-order valence-electron chi connectivity index (χ4n) is 1.95. The molecule has 0 radical (unpaired) electrons. The van der Waals surface area contributed by atoms with Crippen molar-refractivity contribution in [2.24, 2.45) is 0 Å². The Labute approximate surface area is 134 Å². The number of halogens is 2. The van der Waals surface area contributed by atoms with Gasteiger partial charge in [-0.2, -0.15) is 4.98 Å². The fourth-order valence-corrected chi connectivity index (χ4v) is 2.84. The third kappa shape index (κ3) is 2.96. The van der Waals surface area contributed by atoms with E-state index in [2.05, 4.69) is 36.8 Å². The topological polar surface area (TPSA) is 44.1 Å². The summed E-state index contributed by atoms with van der Waals surface area (Å²) in [6.45, 7) is 4.19. The first kappa shape index (κ1) is 15.3. The number of methoxy groups -OCH3 is 1. The molecule has 0 fully saturated rings. The molecule has 1 heterocycles. The molecule has 106 valence electrons. The molecule has 0 N–H and O–H groups in total. The van der Waals surface area contributed by atoms with Gasteiger partial charge in [-0.15, -0.1) is 0 Å². The van der Waals surface area contributed by atoms with Gasteiger partial charge in [0.05, 0.1) is 28.3 Å². The van der Waals surface area contributed by atoms with Crippen LogP contribution in [0.1, 0.15) is 17.0 Å². The second kappa shape index (κ2) is 6.10. The molecule has 20 heavy (non-hydrogen) atoms. The second-order valence-corrected chi connectivity index (χ2v) is 6.08. The molecule has 0 saturated heterocycles. The van der Waals surface area contributed by atoms with E-state index in [0.29, 0.717) is 12.2 Å². The Morgan fingerprint density at radius 1 is 1.30 bits per heavy atom. The first-order valence-corrected chi connectivity index (χ1v) is 7.58. The number of ether oxygens (including phenoxy) is 1. The summed E-state index contributed by atoms with van der Waals surface area (Å²) < 4.78 is 8.57. The van der Waals surface area contributed by atoms with Crippen molar-refractivity contribution in [2.75, 3.05) is 7.11 Å². The molecule has 1 aromatic carbocycles. The maximum Gasteiger partial charge on any atom is 0.348 e. The summed E-state index contributed by atoms with van der Waals surface area (Å²) in [5, 5.41) is 0. The van der Waals surface area contributed by atoms with Crippen LogP contribution >= 0.6 is 31.9 Å². The highest BCUT2D eigenvalue weighted by Crippen LogP contribution is 2.26. The minimum atomic E-state index is -0.241. The third-order valence-corrected chi connectivity index (χ3v) is 4.86. The van der Waals surface area contributed by atoms with Crippen molar-refractivity contribution in [1.29, 1.82) is 0 Å². The van der Waals surface area contributed by atoms with E-state index in [0.717, 1.165) is 26.0 Å². The lowest BCUT2D eigenvalue weighted by Gasteiger charge is -2.13. The number of hydrogen-bond donors (Lipinski definition) is 0. The first-order chi connectivity index (χ1) is 9.43. The monoisotopic (exact) mass is 400 g/mol. The Bertz CT molecular complexity index is 711. The van der Waals surface area contributed by atoms with Crippen molar-refractivity contribution < 1.29 is 4.74 Å². The SMILES string of the molecule is COc1ccc(Cn2c(C)c(Br)c(C)nc2=O)cc1Br. The first-order valence-electron chi connectivity index (χ1n) is 6.00. The molecule has 2 rings (SSSR count). The van der Waals surface area contributed by atoms with Gasteiger partial charge in [-0.05, 0) is 63.4 Å². The van der Waals surface area contributed by atoms with Crippen molar-refractivity contribution >= 4 is 31.9 Å². The highest BCUT2D eigenvalue weighted by atomic mass is 79.9. The van der Waals surface area contributed by atoms with Gasteiger partial charge < -0.3 is 4.74 Å². The largest absolute Gasteiger partial charge is 0.496 e. The predicted octanol–water partition coefficient (Wildman–Crippen LogP) is 3.44. The van der Waals surface area contributed by atoms with Crippen LogP contribution in [-0.4, -0.2) is 16.7 Å². The van der Waals surface area contributed by atoms with E-state index in [9.17, 15) is 4.79 Å². The zero-order valence-corrected chi connectivity index (χ0v) is 14.6. The van der Waals surface area contributed by atoms with E-state index < -0.39 is 0 Å². The normalized spacial score (nSPS) is 10.7. The Morgan fingerprint density at radius 2 is 2.00 bits per heavy atom. The lowest BCUT2D eigenvalue weighted by atomic mass is 10.2. The molecule has 0 spiro atoms. The number of nitrogens with zero attached hydrogens (tertiary/aromatic N) is 2. The van der Waals surface area contributed by atoms with Crippen LogP contribution in [0, 0.1) is 13.8 Å². The number of benzene rings is 1. The summed E-state index contributed by atoms with van der Waals surface area (Å²) in [5.41, 5.74) is 2.34. The minimum Gasteiger partial charge on any atom is -0.496 e. The van der Waals surface area contributed by atoms with Crippen LogP contribution in [0.3, 0.4) is 0 Å². The number of hydrogen-bond acceptors (Lipinski definition) is 3. The average Bonchev–Trinajstić information content (AvgIpc) is 2.41. The summed E-state index contributed by atoms with van der Waals surface area (Å²) in [7, 11) is 1.62. The van der Waals surface area contributed by atoms with E-state index in [1.807, 2.05) is 32.0 Å². The van der Waals surface area contributed by atoms with E-state index in [-0.39, 0.29) is 5.69 Å². The second-order valence-electron chi connectivity index (χ2n) is 4.43. The summed E-state index contributed by atoms with van der Waals surface area (Å²) in [4.78, 5) is 16.0. The molecule has 0 aliphatic carbocycles. The zero-order chi connectivity index (χ0) is 14.9. The molecule has 2 aromatic rings. The van der Waals surface area contributed by atoms with E-state index in [4.69, 9.17) is 4.74 Å². The van der Waals surface area contributed by atoms with Gasteiger partial charge in [-0.3, -0.25) is 4.57 Å². The molecular formula is C14H14Br2N2O2. The van der Waals surface area contributed by atoms with Crippen LogP contribution in [0.5, 0.6) is 5.75 Å². The molecule has 0 aliphatic rings. The summed E-state index contributed by atoms with van der Waals surface area (Å²) in [5.74, 6) is 0.765. The zero-order valence-electron chi connectivity index (χ0n) is 11.4. The molecule has 1 aromatic heterocycles. The van der Waals surface area contributed by atoms with Crippen molar-refractivity contribution in [3.63, 3.8) is 0 Å². The maximum atomic E-state index is 12.0. The molecular weight excluding hydrogens is 388 g/mol. The lowest BCUT2D eigenvalue weighted by molar-refractivity contribution is 0.412. The smallest absolute Gasteiger partial charge is 0.348 e. The van der Waals surface area contributed by atoms with Crippen LogP contribution in [0.25, 0.3) is 0 Å². The van der Waals surface area contributed by atoms with E-state index in [1.54, 1.807) is 11.7 Å². The van der Waals surface area contributed by atoms with Gasteiger partial charge >= 0.3 is 5.69 Å². The Balaban J connectivity index is 2.43. The molecule has 0 aliphatic heterocycles. The number of aryl methyl sites for hydroxylation is 1. The lowest BCUT2D eigenvalue weighted by Crippen LogP contribution is -2.26. The van der Waals surface area contributed by atoms with Gasteiger partial charge in [-0.1, -0.05) is 6.07 Å². The molecule has 6 heteroatoms. The van der Waals surface area contributed by atoms with Crippen LogP contribution in [0.2, 0.25) is 0 Å². The van der Waals surface area contributed by atoms with Crippen molar-refractivity contribution in [1.82, 2.24) is 9.55 Å². The molecule has 0 saturated carbocycles.